The molecule has 0 N–H and O–H groups in total. The molecular formula is C24H29NO5S. The summed E-state index contributed by atoms with van der Waals surface area (Å²) in [5.74, 6) is 0.400. The quantitative estimate of drug-likeness (QED) is 0.494. The molecule has 2 heterocycles. The van der Waals surface area contributed by atoms with Crippen molar-refractivity contribution in [3.63, 3.8) is 0 Å². The minimum absolute atomic E-state index is 0.0527. The maximum absolute atomic E-state index is 13.4. The van der Waals surface area contributed by atoms with Crippen molar-refractivity contribution in [2.75, 3.05) is 7.11 Å². The van der Waals surface area contributed by atoms with Crippen LogP contribution in [0.5, 0.6) is 0 Å². The van der Waals surface area contributed by atoms with Gasteiger partial charge in [-0.25, -0.2) is 9.59 Å². The molecule has 4 atom stereocenters. The van der Waals surface area contributed by atoms with Crippen molar-refractivity contribution in [2.45, 2.75) is 57.9 Å². The number of benzene rings is 1. The highest BCUT2D eigenvalue weighted by Crippen LogP contribution is 2.51. The van der Waals surface area contributed by atoms with Crippen LogP contribution in [0.4, 0.5) is 0 Å². The highest BCUT2D eigenvalue weighted by Gasteiger charge is 2.50. The van der Waals surface area contributed by atoms with E-state index in [9.17, 15) is 14.4 Å². The van der Waals surface area contributed by atoms with E-state index in [0.717, 1.165) is 29.7 Å². The first-order valence-electron chi connectivity index (χ1n) is 10.9. The minimum Gasteiger partial charge on any atom is -0.465 e. The van der Waals surface area contributed by atoms with Crippen LogP contribution in [-0.4, -0.2) is 41.3 Å². The number of hydrogen-bond acceptors (Lipinski definition) is 6. The summed E-state index contributed by atoms with van der Waals surface area (Å²) in [4.78, 5) is 39.7. The second-order valence-electron chi connectivity index (χ2n) is 9.06. The van der Waals surface area contributed by atoms with Gasteiger partial charge in [-0.2, -0.15) is 0 Å². The Labute approximate surface area is 187 Å². The molecule has 31 heavy (non-hydrogen) atoms. The third kappa shape index (κ3) is 4.12. The number of nitrogens with zero attached hydrogens (tertiary/aromatic N) is 1. The Morgan fingerprint density at radius 3 is 2.45 bits per heavy atom. The molecule has 1 amide bonds. The van der Waals surface area contributed by atoms with E-state index in [-0.39, 0.29) is 17.4 Å². The number of hydrogen-bond donors (Lipinski definition) is 0. The van der Waals surface area contributed by atoms with Crippen molar-refractivity contribution >= 4 is 34.5 Å². The minimum atomic E-state index is -0.417. The second kappa shape index (κ2) is 8.69. The predicted octanol–water partition coefficient (Wildman–Crippen LogP) is 4.45. The number of fused-ring (bicyclic) bond motifs is 1. The molecule has 1 aromatic carbocycles. The van der Waals surface area contributed by atoms with Gasteiger partial charge in [-0.05, 0) is 48.3 Å². The molecular weight excluding hydrogens is 414 g/mol. The van der Waals surface area contributed by atoms with Gasteiger partial charge in [-0.3, -0.25) is 9.69 Å². The molecule has 1 aliphatic carbocycles. The normalized spacial score (nSPS) is 27.8. The van der Waals surface area contributed by atoms with Crippen molar-refractivity contribution in [3.05, 3.63) is 41.1 Å². The lowest BCUT2D eigenvalue weighted by molar-refractivity contribution is -0.157. The zero-order valence-electron chi connectivity index (χ0n) is 18.4. The van der Waals surface area contributed by atoms with Crippen LogP contribution >= 0.6 is 11.8 Å². The Morgan fingerprint density at radius 2 is 1.84 bits per heavy atom. The highest BCUT2D eigenvalue weighted by molar-refractivity contribution is 8.09. The molecule has 6 nitrogen and oxygen atoms in total. The van der Waals surface area contributed by atoms with Crippen LogP contribution in [0.25, 0.3) is 4.91 Å². The fourth-order valence-corrected chi connectivity index (χ4v) is 6.16. The fraction of sp³-hybridized carbons (Fsp3) is 0.542. The smallest absolute Gasteiger partial charge is 0.356 e. The van der Waals surface area contributed by atoms with Gasteiger partial charge in [0.05, 0.1) is 24.5 Å². The molecule has 0 radical (unpaired) electrons. The van der Waals surface area contributed by atoms with E-state index in [4.69, 9.17) is 9.47 Å². The van der Waals surface area contributed by atoms with Gasteiger partial charge >= 0.3 is 11.9 Å². The molecule has 1 saturated heterocycles. The Hall–Kier alpha value is -2.28. The van der Waals surface area contributed by atoms with E-state index < -0.39 is 11.9 Å². The molecule has 4 rings (SSSR count). The highest BCUT2D eigenvalue weighted by atomic mass is 32.2. The van der Waals surface area contributed by atoms with Crippen LogP contribution in [0.15, 0.2) is 30.0 Å². The summed E-state index contributed by atoms with van der Waals surface area (Å²) in [5.41, 5.74) is 1.58. The lowest BCUT2D eigenvalue weighted by atomic mass is 9.75. The van der Waals surface area contributed by atoms with Gasteiger partial charge in [0.15, 0.2) is 0 Å². The molecule has 166 valence electrons. The van der Waals surface area contributed by atoms with E-state index in [1.54, 1.807) is 29.2 Å². The van der Waals surface area contributed by atoms with Crippen molar-refractivity contribution in [3.8, 4) is 0 Å². The summed E-state index contributed by atoms with van der Waals surface area (Å²) < 4.78 is 10.8. The SMILES string of the molecule is COC(=O)c1ccc(C2=C(C(=O)OC3CC(C)CCC3C(C)C)N3C(=O)C[C@@H]3S2)cc1. The number of thioether (sulfide) groups is 1. The first kappa shape index (κ1) is 21.9. The number of ether oxygens (including phenoxy) is 2. The monoisotopic (exact) mass is 443 g/mol. The van der Waals surface area contributed by atoms with Crippen molar-refractivity contribution in [1.82, 2.24) is 4.90 Å². The Morgan fingerprint density at radius 1 is 1.13 bits per heavy atom. The van der Waals surface area contributed by atoms with Crippen LogP contribution in [-0.2, 0) is 19.1 Å². The first-order chi connectivity index (χ1) is 14.8. The lowest BCUT2D eigenvalue weighted by Gasteiger charge is -2.38. The molecule has 0 bridgehead atoms. The standard InChI is InChI=1S/C24H29NO5S/c1-13(2)17-10-5-14(3)11-18(17)30-24(28)21-22(31-20-12-19(26)25(20)21)15-6-8-16(9-7-15)23(27)29-4/h6-9,13-14,17-18,20H,5,10-12H2,1-4H3/t14?,17?,18?,20-/m0/s1. The average Bonchev–Trinajstić information content (AvgIpc) is 3.06. The van der Waals surface area contributed by atoms with Crippen LogP contribution in [0.1, 0.15) is 62.4 Å². The number of methoxy groups -OCH3 is 1. The van der Waals surface area contributed by atoms with Gasteiger partial charge in [-0.15, -0.1) is 0 Å². The third-order valence-corrected chi connectivity index (χ3v) is 7.91. The van der Waals surface area contributed by atoms with E-state index in [1.165, 1.54) is 18.9 Å². The van der Waals surface area contributed by atoms with Crippen molar-refractivity contribution in [2.24, 2.45) is 17.8 Å². The summed E-state index contributed by atoms with van der Waals surface area (Å²) >= 11 is 1.51. The molecule has 0 aromatic heterocycles. The van der Waals surface area contributed by atoms with E-state index in [0.29, 0.717) is 35.4 Å². The van der Waals surface area contributed by atoms with Crippen LogP contribution < -0.4 is 0 Å². The maximum atomic E-state index is 13.4. The van der Waals surface area contributed by atoms with Gasteiger partial charge in [0, 0.05) is 4.91 Å². The number of esters is 2. The number of rotatable bonds is 5. The lowest BCUT2D eigenvalue weighted by Crippen LogP contribution is -2.49. The molecule has 0 spiro atoms. The van der Waals surface area contributed by atoms with Crippen LogP contribution in [0, 0.1) is 17.8 Å². The third-order valence-electron chi connectivity index (χ3n) is 6.60. The maximum Gasteiger partial charge on any atom is 0.356 e. The van der Waals surface area contributed by atoms with E-state index >= 15 is 0 Å². The van der Waals surface area contributed by atoms with Crippen LogP contribution in [0.3, 0.4) is 0 Å². The zero-order valence-corrected chi connectivity index (χ0v) is 19.2. The number of amides is 1. The summed E-state index contributed by atoms with van der Waals surface area (Å²) in [6, 6.07) is 6.93. The molecule has 2 fully saturated rings. The number of carbonyl (C=O) groups excluding carboxylic acids is 3. The van der Waals surface area contributed by atoms with Gasteiger partial charge in [-0.1, -0.05) is 51.1 Å². The van der Waals surface area contributed by atoms with Crippen LogP contribution in [0.2, 0.25) is 0 Å². The van der Waals surface area contributed by atoms with Gasteiger partial charge in [0.25, 0.3) is 0 Å². The molecule has 7 heteroatoms. The van der Waals surface area contributed by atoms with E-state index in [2.05, 4.69) is 20.8 Å². The molecule has 3 unspecified atom stereocenters. The van der Waals surface area contributed by atoms with E-state index in [1.807, 2.05) is 0 Å². The van der Waals surface area contributed by atoms with Crippen molar-refractivity contribution < 1.29 is 23.9 Å². The molecule has 2 aliphatic heterocycles. The van der Waals surface area contributed by atoms with Gasteiger partial charge < -0.3 is 9.47 Å². The van der Waals surface area contributed by atoms with Crippen molar-refractivity contribution in [1.29, 1.82) is 0 Å². The zero-order chi connectivity index (χ0) is 22.3. The summed E-state index contributed by atoms with van der Waals surface area (Å²) in [5, 5.41) is -0.0588. The molecule has 1 aromatic rings. The van der Waals surface area contributed by atoms with Gasteiger partial charge in [0.1, 0.15) is 11.8 Å². The fourth-order valence-electron chi connectivity index (χ4n) is 4.77. The predicted molar refractivity (Wildman–Crippen MR) is 119 cm³/mol. The number of carbonyl (C=O) groups is 3. The average molecular weight is 444 g/mol. The molecule has 3 aliphatic rings. The number of β-lactam (4-membered cyclic amide) rings is 1. The Kier molecular flexibility index (Phi) is 6.15. The van der Waals surface area contributed by atoms with Gasteiger partial charge in [0.2, 0.25) is 5.91 Å². The molecule has 1 saturated carbocycles. The largest absolute Gasteiger partial charge is 0.465 e. The Balaban J connectivity index is 1.63. The summed E-state index contributed by atoms with van der Waals surface area (Å²) in [7, 11) is 1.34. The summed E-state index contributed by atoms with van der Waals surface area (Å²) in [6.07, 6.45) is 3.35. The Bertz CT molecular complexity index is 922. The first-order valence-corrected chi connectivity index (χ1v) is 11.8. The second-order valence-corrected chi connectivity index (χ2v) is 10.2. The summed E-state index contributed by atoms with van der Waals surface area (Å²) in [6.45, 7) is 6.55. The topological polar surface area (TPSA) is 72.9 Å².